The summed E-state index contributed by atoms with van der Waals surface area (Å²) in [6.45, 7) is 3.49. The van der Waals surface area contributed by atoms with Crippen LogP contribution in [-0.4, -0.2) is 61.5 Å². The van der Waals surface area contributed by atoms with Crippen molar-refractivity contribution >= 4 is 27.9 Å². The van der Waals surface area contributed by atoms with E-state index in [0.717, 1.165) is 25.6 Å². The average Bonchev–Trinajstić information content (AvgIpc) is 3.04. The molecule has 3 rings (SSSR count). The topological polar surface area (TPSA) is 163 Å². The molecule has 0 aliphatic carbocycles. The monoisotopic (exact) mass is 499 g/mol. The van der Waals surface area contributed by atoms with E-state index in [1.165, 1.54) is 12.1 Å². The number of nitrogens with zero attached hydrogens (tertiary/aromatic N) is 1. The quantitative estimate of drug-likeness (QED) is 0.387. The average molecular weight is 499 g/mol. The minimum atomic E-state index is -4.40. The Morgan fingerprint density at radius 3 is 2.47 bits per heavy atom. The SMILES string of the molecule is CC(=O)OC[C@H]1O[C@@H](Nc2nc(=O)[nH]cc2F)[C@H](OC(C)=O)[C@H]1OS(=O)(=O)c1ccc(C)cc1. The predicted molar refractivity (Wildman–Crippen MR) is 113 cm³/mol. The van der Waals surface area contributed by atoms with Gasteiger partial charge in [0, 0.05) is 20.0 Å². The smallest absolute Gasteiger partial charge is 0.347 e. The van der Waals surface area contributed by atoms with Gasteiger partial charge in [-0.25, -0.2) is 9.18 Å². The van der Waals surface area contributed by atoms with Crippen LogP contribution in [0.1, 0.15) is 19.4 Å². The van der Waals surface area contributed by atoms with Gasteiger partial charge in [-0.1, -0.05) is 17.7 Å². The van der Waals surface area contributed by atoms with Gasteiger partial charge >= 0.3 is 17.6 Å². The van der Waals surface area contributed by atoms with Gasteiger partial charge in [-0.05, 0) is 19.1 Å². The summed E-state index contributed by atoms with van der Waals surface area (Å²) in [6, 6.07) is 5.78. The minimum absolute atomic E-state index is 0.176. The molecule has 2 aromatic rings. The lowest BCUT2D eigenvalue weighted by atomic mass is 10.1. The Morgan fingerprint density at radius 1 is 1.18 bits per heavy atom. The van der Waals surface area contributed by atoms with Crippen LogP contribution in [0.5, 0.6) is 0 Å². The number of ether oxygens (including phenoxy) is 3. The highest BCUT2D eigenvalue weighted by molar-refractivity contribution is 7.86. The van der Waals surface area contributed by atoms with Gasteiger partial charge in [0.25, 0.3) is 10.1 Å². The van der Waals surface area contributed by atoms with E-state index >= 15 is 0 Å². The van der Waals surface area contributed by atoms with E-state index in [2.05, 4.69) is 10.3 Å². The molecule has 0 amide bonds. The van der Waals surface area contributed by atoms with Gasteiger partial charge < -0.3 is 24.5 Å². The molecule has 0 spiro atoms. The molecule has 1 aromatic carbocycles. The fourth-order valence-electron chi connectivity index (χ4n) is 3.14. The number of esters is 2. The maximum atomic E-state index is 14.1. The highest BCUT2D eigenvalue weighted by Gasteiger charge is 2.51. The fourth-order valence-corrected chi connectivity index (χ4v) is 4.24. The van der Waals surface area contributed by atoms with E-state index in [4.69, 9.17) is 18.4 Å². The number of aromatic amines is 1. The summed E-state index contributed by atoms with van der Waals surface area (Å²) in [5.74, 6) is -3.02. The molecule has 1 aliphatic heterocycles. The Kier molecular flexibility index (Phi) is 7.64. The number of aryl methyl sites for hydroxylation is 1. The molecule has 0 unspecified atom stereocenters. The molecule has 0 bridgehead atoms. The largest absolute Gasteiger partial charge is 0.463 e. The van der Waals surface area contributed by atoms with Crippen molar-refractivity contribution < 1.29 is 40.8 Å². The Labute approximate surface area is 193 Å². The molecule has 0 radical (unpaired) electrons. The summed E-state index contributed by atoms with van der Waals surface area (Å²) in [5, 5.41) is 2.47. The second-order valence-electron chi connectivity index (χ2n) is 7.35. The van der Waals surface area contributed by atoms with E-state index in [1.54, 1.807) is 19.1 Å². The number of nitrogens with one attached hydrogen (secondary N) is 2. The van der Waals surface area contributed by atoms with Crippen molar-refractivity contribution in [1.29, 1.82) is 0 Å². The van der Waals surface area contributed by atoms with Gasteiger partial charge in [-0.2, -0.15) is 13.4 Å². The summed E-state index contributed by atoms with van der Waals surface area (Å²) >= 11 is 0. The van der Waals surface area contributed by atoms with Crippen molar-refractivity contribution in [3.8, 4) is 0 Å². The second-order valence-corrected chi connectivity index (χ2v) is 8.92. The Morgan fingerprint density at radius 2 is 1.85 bits per heavy atom. The zero-order valence-corrected chi connectivity index (χ0v) is 19.1. The predicted octanol–water partition coefficient (Wildman–Crippen LogP) is 0.623. The van der Waals surface area contributed by atoms with Crippen molar-refractivity contribution in [2.45, 2.75) is 50.2 Å². The first-order chi connectivity index (χ1) is 16.0. The van der Waals surface area contributed by atoms with Crippen LogP contribution in [0.2, 0.25) is 0 Å². The lowest BCUT2D eigenvalue weighted by Crippen LogP contribution is -2.43. The molecule has 184 valence electrons. The van der Waals surface area contributed by atoms with Crippen LogP contribution >= 0.6 is 0 Å². The highest BCUT2D eigenvalue weighted by atomic mass is 32.2. The van der Waals surface area contributed by atoms with Crippen LogP contribution in [-0.2, 0) is 38.1 Å². The zero-order valence-electron chi connectivity index (χ0n) is 18.3. The molecule has 1 saturated heterocycles. The van der Waals surface area contributed by atoms with Gasteiger partial charge in [-0.3, -0.25) is 13.8 Å². The summed E-state index contributed by atoms with van der Waals surface area (Å²) in [5.41, 5.74) is -0.0672. The molecular formula is C20H22FN3O9S. The molecular weight excluding hydrogens is 477 g/mol. The standard InChI is InChI=1S/C20H22FN3O9S/c1-10-4-6-13(7-5-10)34(28,29)33-16-15(9-30-11(2)25)32-19(17(16)31-12(3)26)23-18-14(21)8-22-20(27)24-18/h4-8,15-17,19H,9H2,1-3H3,(H2,22,23,24,27)/t15-,16+,17-,19-/m1/s1. The third kappa shape index (κ3) is 6.15. The van der Waals surface area contributed by atoms with Gasteiger partial charge in [0.1, 0.15) is 18.8 Å². The normalized spacial score (nSPS) is 22.2. The third-order valence-electron chi connectivity index (χ3n) is 4.65. The van der Waals surface area contributed by atoms with Crippen molar-refractivity contribution in [1.82, 2.24) is 9.97 Å². The summed E-state index contributed by atoms with van der Waals surface area (Å²) in [4.78, 5) is 39.9. The molecule has 2 N–H and O–H groups in total. The number of carbonyl (C=O) groups is 2. The minimum Gasteiger partial charge on any atom is -0.463 e. The Balaban J connectivity index is 1.96. The lowest BCUT2D eigenvalue weighted by Gasteiger charge is -2.24. The first kappa shape index (κ1) is 25.3. The number of hydrogen-bond donors (Lipinski definition) is 2. The number of anilines is 1. The van der Waals surface area contributed by atoms with Crippen molar-refractivity contribution in [2.75, 3.05) is 11.9 Å². The van der Waals surface area contributed by atoms with E-state index in [9.17, 15) is 27.2 Å². The van der Waals surface area contributed by atoms with Crippen LogP contribution in [0.3, 0.4) is 0 Å². The van der Waals surface area contributed by atoms with Gasteiger partial charge in [-0.15, -0.1) is 0 Å². The first-order valence-corrected chi connectivity index (χ1v) is 11.3. The van der Waals surface area contributed by atoms with Crippen LogP contribution in [0.15, 0.2) is 40.2 Å². The molecule has 14 heteroatoms. The lowest BCUT2D eigenvalue weighted by molar-refractivity contribution is -0.151. The van der Waals surface area contributed by atoms with Crippen molar-refractivity contribution in [2.24, 2.45) is 0 Å². The Hall–Kier alpha value is -3.36. The van der Waals surface area contributed by atoms with Gasteiger partial charge in [0.05, 0.1) is 4.90 Å². The van der Waals surface area contributed by atoms with E-state index in [1.807, 2.05) is 4.98 Å². The molecule has 4 atom stereocenters. The van der Waals surface area contributed by atoms with Crippen molar-refractivity contribution in [3.05, 3.63) is 52.3 Å². The van der Waals surface area contributed by atoms with Crippen LogP contribution in [0.4, 0.5) is 10.2 Å². The maximum Gasteiger partial charge on any atom is 0.347 e. The van der Waals surface area contributed by atoms with Gasteiger partial charge in [0.15, 0.2) is 24.0 Å². The number of benzene rings is 1. The number of rotatable bonds is 8. The molecule has 2 heterocycles. The number of hydrogen-bond acceptors (Lipinski definition) is 11. The highest BCUT2D eigenvalue weighted by Crippen LogP contribution is 2.31. The fraction of sp³-hybridized carbons (Fsp3) is 0.400. The number of carbonyl (C=O) groups excluding carboxylic acids is 2. The van der Waals surface area contributed by atoms with Gasteiger partial charge in [0.2, 0.25) is 0 Å². The number of halogens is 1. The molecule has 0 saturated carbocycles. The van der Waals surface area contributed by atoms with E-state index in [0.29, 0.717) is 0 Å². The van der Waals surface area contributed by atoms with Crippen LogP contribution < -0.4 is 11.0 Å². The summed E-state index contributed by atoms with van der Waals surface area (Å²) < 4.78 is 61.1. The van der Waals surface area contributed by atoms with Crippen LogP contribution in [0, 0.1) is 12.7 Å². The number of H-pyrrole nitrogens is 1. The number of aromatic nitrogens is 2. The molecule has 1 aromatic heterocycles. The zero-order chi connectivity index (χ0) is 25.0. The second kappa shape index (κ2) is 10.3. The molecule has 34 heavy (non-hydrogen) atoms. The van der Waals surface area contributed by atoms with Crippen molar-refractivity contribution in [3.63, 3.8) is 0 Å². The van der Waals surface area contributed by atoms with E-state index < -0.39 is 70.5 Å². The molecule has 1 fully saturated rings. The van der Waals surface area contributed by atoms with Crippen LogP contribution in [0.25, 0.3) is 0 Å². The third-order valence-corrected chi connectivity index (χ3v) is 5.98. The molecule has 1 aliphatic rings. The molecule has 12 nitrogen and oxygen atoms in total. The van der Waals surface area contributed by atoms with E-state index in [-0.39, 0.29) is 4.90 Å². The summed E-state index contributed by atoms with van der Waals surface area (Å²) in [6.07, 6.45) is -4.88. The summed E-state index contributed by atoms with van der Waals surface area (Å²) in [7, 11) is -4.40. The Bertz CT molecular complexity index is 1220. The maximum absolute atomic E-state index is 14.1. The first-order valence-electron chi connectivity index (χ1n) is 9.94.